The van der Waals surface area contributed by atoms with Crippen LogP contribution in [0.25, 0.3) is 0 Å². The van der Waals surface area contributed by atoms with Gasteiger partial charge in [-0.05, 0) is 50.0 Å². The first-order chi connectivity index (χ1) is 6.92. The van der Waals surface area contributed by atoms with Gasteiger partial charge in [-0.2, -0.15) is 0 Å². The first kappa shape index (κ1) is 13.0. The Balaban J connectivity index is 2.30. The summed E-state index contributed by atoms with van der Waals surface area (Å²) in [6.45, 7) is 9.46. The van der Waals surface area contributed by atoms with Crippen molar-refractivity contribution < 1.29 is 0 Å². The van der Waals surface area contributed by atoms with Crippen LogP contribution < -0.4 is 5.32 Å². The largest absolute Gasteiger partial charge is 0.317 e. The maximum absolute atomic E-state index is 3.52. The molecule has 0 amide bonds. The van der Waals surface area contributed by atoms with Crippen molar-refractivity contribution in [3.05, 3.63) is 0 Å². The Bertz CT molecular complexity index is 176. The molecule has 1 heteroatoms. The van der Waals surface area contributed by atoms with Crippen molar-refractivity contribution in [2.45, 2.75) is 65.8 Å². The molecular weight excluding hydrogens is 182 g/mol. The second-order valence-electron chi connectivity index (χ2n) is 6.69. The normalized spacial score (nSPS) is 22.2. The maximum atomic E-state index is 3.52. The third-order valence-corrected chi connectivity index (χ3v) is 3.71. The minimum absolute atomic E-state index is 0.483. The Kier molecular flexibility index (Phi) is 4.64. The van der Waals surface area contributed by atoms with Gasteiger partial charge in [-0.1, -0.05) is 34.1 Å². The highest BCUT2D eigenvalue weighted by molar-refractivity contribution is 4.83. The predicted octanol–water partition coefficient (Wildman–Crippen LogP) is 3.84. The molecule has 1 aliphatic carbocycles. The molecule has 1 N–H and O–H groups in total. The van der Waals surface area contributed by atoms with Gasteiger partial charge in [0, 0.05) is 6.04 Å². The highest BCUT2D eigenvalue weighted by Crippen LogP contribution is 2.34. The first-order valence-corrected chi connectivity index (χ1v) is 6.59. The van der Waals surface area contributed by atoms with Gasteiger partial charge < -0.3 is 5.32 Å². The van der Waals surface area contributed by atoms with Crippen LogP contribution in [0.3, 0.4) is 0 Å². The van der Waals surface area contributed by atoms with Gasteiger partial charge in [0.25, 0.3) is 0 Å². The van der Waals surface area contributed by atoms with Crippen LogP contribution in [0, 0.1) is 17.3 Å². The zero-order chi connectivity index (χ0) is 11.5. The summed E-state index contributed by atoms with van der Waals surface area (Å²) in [4.78, 5) is 0. The van der Waals surface area contributed by atoms with E-state index in [1.807, 2.05) is 0 Å². The Morgan fingerprint density at radius 3 is 2.20 bits per heavy atom. The van der Waals surface area contributed by atoms with Crippen molar-refractivity contribution >= 4 is 0 Å². The summed E-state index contributed by atoms with van der Waals surface area (Å²) < 4.78 is 0. The first-order valence-electron chi connectivity index (χ1n) is 6.59. The van der Waals surface area contributed by atoms with Crippen molar-refractivity contribution in [3.8, 4) is 0 Å². The van der Waals surface area contributed by atoms with Crippen LogP contribution in [0.1, 0.15) is 59.8 Å². The molecule has 0 aliphatic heterocycles. The number of nitrogens with one attached hydrogen (secondary N) is 1. The lowest BCUT2D eigenvalue weighted by atomic mass is 9.75. The fraction of sp³-hybridized carbons (Fsp3) is 1.00. The Hall–Kier alpha value is -0.0400. The second-order valence-corrected chi connectivity index (χ2v) is 6.69. The molecule has 90 valence electrons. The average Bonchev–Trinajstić information content (AvgIpc) is 1.95. The molecule has 0 radical (unpaired) electrons. The molecule has 1 aliphatic rings. The van der Waals surface area contributed by atoms with Gasteiger partial charge in [0.15, 0.2) is 0 Å². The molecular formula is C14H29N. The Morgan fingerprint density at radius 1 is 1.27 bits per heavy atom. The zero-order valence-electron chi connectivity index (χ0n) is 11.3. The fourth-order valence-corrected chi connectivity index (χ4v) is 2.95. The Morgan fingerprint density at radius 2 is 1.87 bits per heavy atom. The molecule has 0 heterocycles. The zero-order valence-corrected chi connectivity index (χ0v) is 11.3. The SMILES string of the molecule is CNC(CC(C)CC(C)(C)C)C1CCC1. The molecule has 1 saturated carbocycles. The van der Waals surface area contributed by atoms with Crippen LogP contribution in [0.4, 0.5) is 0 Å². The van der Waals surface area contributed by atoms with E-state index < -0.39 is 0 Å². The lowest BCUT2D eigenvalue weighted by Gasteiger charge is -2.36. The molecule has 0 aromatic heterocycles. The van der Waals surface area contributed by atoms with E-state index >= 15 is 0 Å². The van der Waals surface area contributed by atoms with Gasteiger partial charge in [0.05, 0.1) is 0 Å². The summed E-state index contributed by atoms with van der Waals surface area (Å²) in [6.07, 6.45) is 7.06. The van der Waals surface area contributed by atoms with E-state index in [4.69, 9.17) is 0 Å². The van der Waals surface area contributed by atoms with Crippen LogP contribution in [0.5, 0.6) is 0 Å². The summed E-state index contributed by atoms with van der Waals surface area (Å²) >= 11 is 0. The smallest absolute Gasteiger partial charge is 0.00948 e. The fourth-order valence-electron chi connectivity index (χ4n) is 2.95. The molecule has 0 saturated heterocycles. The molecule has 0 bridgehead atoms. The topological polar surface area (TPSA) is 12.0 Å². The van der Waals surface area contributed by atoms with Crippen LogP contribution >= 0.6 is 0 Å². The summed E-state index contributed by atoms with van der Waals surface area (Å²) in [5.41, 5.74) is 0.483. The third-order valence-electron chi connectivity index (χ3n) is 3.71. The molecule has 1 nitrogen and oxygen atoms in total. The predicted molar refractivity (Wildman–Crippen MR) is 68.0 cm³/mol. The van der Waals surface area contributed by atoms with Gasteiger partial charge in [-0.15, -0.1) is 0 Å². The quantitative estimate of drug-likeness (QED) is 0.728. The van der Waals surface area contributed by atoms with Crippen LogP contribution in [0.2, 0.25) is 0 Å². The summed E-state index contributed by atoms with van der Waals surface area (Å²) in [5.74, 6) is 1.82. The van der Waals surface area contributed by atoms with E-state index in [1.54, 1.807) is 0 Å². The van der Waals surface area contributed by atoms with Crippen molar-refractivity contribution in [2.75, 3.05) is 7.05 Å². The van der Waals surface area contributed by atoms with Crippen LogP contribution in [-0.4, -0.2) is 13.1 Å². The van der Waals surface area contributed by atoms with E-state index in [0.29, 0.717) is 5.41 Å². The summed E-state index contributed by atoms with van der Waals surface area (Å²) in [7, 11) is 2.13. The molecule has 15 heavy (non-hydrogen) atoms. The van der Waals surface area contributed by atoms with Crippen LogP contribution in [-0.2, 0) is 0 Å². The molecule has 2 unspecified atom stereocenters. The number of hydrogen-bond donors (Lipinski definition) is 1. The van der Waals surface area contributed by atoms with Gasteiger partial charge >= 0.3 is 0 Å². The highest BCUT2D eigenvalue weighted by Gasteiger charge is 2.28. The standard InChI is InChI=1S/C14H29N/c1-11(10-14(2,3)4)9-13(15-5)12-7-6-8-12/h11-13,15H,6-10H2,1-5H3. The Labute approximate surface area is 96.0 Å². The third kappa shape index (κ3) is 4.55. The number of hydrogen-bond acceptors (Lipinski definition) is 1. The lowest BCUT2D eigenvalue weighted by molar-refractivity contribution is 0.191. The summed E-state index contributed by atoms with van der Waals surface area (Å²) in [6, 6.07) is 0.774. The molecule has 2 atom stereocenters. The van der Waals surface area contributed by atoms with Gasteiger partial charge in [-0.3, -0.25) is 0 Å². The minimum atomic E-state index is 0.483. The van der Waals surface area contributed by atoms with Gasteiger partial charge in [-0.25, -0.2) is 0 Å². The maximum Gasteiger partial charge on any atom is 0.00948 e. The van der Waals surface area contributed by atoms with Crippen molar-refractivity contribution in [3.63, 3.8) is 0 Å². The van der Waals surface area contributed by atoms with Crippen molar-refractivity contribution in [1.82, 2.24) is 5.32 Å². The molecule has 1 rings (SSSR count). The highest BCUT2D eigenvalue weighted by atomic mass is 14.9. The van der Waals surface area contributed by atoms with Gasteiger partial charge in [0.2, 0.25) is 0 Å². The number of rotatable bonds is 5. The van der Waals surface area contributed by atoms with Gasteiger partial charge in [0.1, 0.15) is 0 Å². The molecule has 0 aromatic rings. The minimum Gasteiger partial charge on any atom is -0.317 e. The molecule has 0 spiro atoms. The average molecular weight is 211 g/mol. The van der Waals surface area contributed by atoms with E-state index in [0.717, 1.165) is 17.9 Å². The van der Waals surface area contributed by atoms with E-state index in [9.17, 15) is 0 Å². The van der Waals surface area contributed by atoms with Crippen molar-refractivity contribution in [2.24, 2.45) is 17.3 Å². The monoisotopic (exact) mass is 211 g/mol. The molecule has 0 aromatic carbocycles. The second kappa shape index (κ2) is 5.34. The summed E-state index contributed by atoms with van der Waals surface area (Å²) in [5, 5.41) is 3.52. The van der Waals surface area contributed by atoms with E-state index in [1.165, 1.54) is 32.1 Å². The van der Waals surface area contributed by atoms with Crippen molar-refractivity contribution in [1.29, 1.82) is 0 Å². The van der Waals surface area contributed by atoms with E-state index in [2.05, 4.69) is 40.1 Å². The lowest BCUT2D eigenvalue weighted by Crippen LogP contribution is -2.38. The molecule has 1 fully saturated rings. The van der Waals surface area contributed by atoms with Crippen LogP contribution in [0.15, 0.2) is 0 Å². The van der Waals surface area contributed by atoms with E-state index in [-0.39, 0.29) is 0 Å².